The lowest BCUT2D eigenvalue weighted by Crippen LogP contribution is -2.40. The van der Waals surface area contributed by atoms with Gasteiger partial charge in [-0.1, -0.05) is 30.5 Å². The molecule has 2 N–H and O–H groups in total. The molecule has 1 aliphatic rings. The molecule has 20 heavy (non-hydrogen) atoms. The van der Waals surface area contributed by atoms with Gasteiger partial charge in [-0.05, 0) is 51.3 Å². The molecule has 0 saturated heterocycles. The van der Waals surface area contributed by atoms with E-state index >= 15 is 0 Å². The molecule has 3 heteroatoms. The molecule has 1 aliphatic carbocycles. The van der Waals surface area contributed by atoms with Crippen LogP contribution in [0.2, 0.25) is 0 Å². The second-order valence-corrected chi connectivity index (χ2v) is 5.90. The summed E-state index contributed by atoms with van der Waals surface area (Å²) in [6.07, 6.45) is 5.64. The van der Waals surface area contributed by atoms with Gasteiger partial charge in [0.05, 0.1) is 0 Å². The van der Waals surface area contributed by atoms with Crippen molar-refractivity contribution in [3.05, 3.63) is 34.9 Å². The van der Waals surface area contributed by atoms with E-state index in [0.717, 1.165) is 42.5 Å². The van der Waals surface area contributed by atoms with Crippen molar-refractivity contribution in [2.75, 3.05) is 13.1 Å². The molecule has 0 heterocycles. The fourth-order valence-electron chi connectivity index (χ4n) is 3.05. The molecule has 0 unspecified atom stereocenters. The molecule has 0 aromatic heterocycles. The highest BCUT2D eigenvalue weighted by atomic mass is 16.2. The molecular weight excluding hydrogens is 248 g/mol. The van der Waals surface area contributed by atoms with Gasteiger partial charge in [0.25, 0.3) is 5.91 Å². The predicted molar refractivity (Wildman–Crippen MR) is 82.9 cm³/mol. The Bertz CT molecular complexity index is 464. The lowest BCUT2D eigenvalue weighted by Gasteiger charge is -2.29. The van der Waals surface area contributed by atoms with E-state index in [1.54, 1.807) is 0 Å². The van der Waals surface area contributed by atoms with Crippen molar-refractivity contribution in [1.82, 2.24) is 4.90 Å². The smallest absolute Gasteiger partial charge is 0.254 e. The van der Waals surface area contributed by atoms with Crippen molar-refractivity contribution < 1.29 is 4.79 Å². The van der Waals surface area contributed by atoms with Crippen LogP contribution >= 0.6 is 0 Å². The van der Waals surface area contributed by atoms with E-state index < -0.39 is 0 Å². The normalized spacial score (nSPS) is 15.6. The fraction of sp³-hybridized carbons (Fsp3) is 0.588. The number of rotatable bonds is 5. The SMILES string of the molecule is Cc1ccc(C)c(C(=O)N(CCCN)C2CCCC2)c1. The topological polar surface area (TPSA) is 46.3 Å². The minimum Gasteiger partial charge on any atom is -0.336 e. The molecule has 0 spiro atoms. The van der Waals surface area contributed by atoms with Gasteiger partial charge in [-0.3, -0.25) is 4.79 Å². The average molecular weight is 274 g/mol. The summed E-state index contributed by atoms with van der Waals surface area (Å²) in [6, 6.07) is 6.53. The van der Waals surface area contributed by atoms with Gasteiger partial charge in [-0.15, -0.1) is 0 Å². The quantitative estimate of drug-likeness (QED) is 0.897. The highest BCUT2D eigenvalue weighted by Gasteiger charge is 2.27. The number of nitrogens with two attached hydrogens (primary N) is 1. The van der Waals surface area contributed by atoms with Gasteiger partial charge in [0.15, 0.2) is 0 Å². The Kier molecular flexibility index (Phi) is 5.18. The molecule has 1 amide bonds. The molecule has 1 aromatic carbocycles. The van der Waals surface area contributed by atoms with Gasteiger partial charge >= 0.3 is 0 Å². The fourth-order valence-corrected chi connectivity index (χ4v) is 3.05. The second kappa shape index (κ2) is 6.89. The Balaban J connectivity index is 2.22. The number of aryl methyl sites for hydroxylation is 2. The largest absolute Gasteiger partial charge is 0.336 e. The monoisotopic (exact) mass is 274 g/mol. The second-order valence-electron chi connectivity index (χ2n) is 5.90. The predicted octanol–water partition coefficient (Wildman–Crippen LogP) is 3.04. The Morgan fingerprint density at radius 1 is 1.30 bits per heavy atom. The number of carbonyl (C=O) groups is 1. The van der Waals surface area contributed by atoms with Crippen LogP contribution in [0.1, 0.15) is 53.6 Å². The molecule has 1 aromatic rings. The van der Waals surface area contributed by atoms with Crippen LogP contribution in [0, 0.1) is 13.8 Å². The summed E-state index contributed by atoms with van der Waals surface area (Å²) in [5.41, 5.74) is 8.69. The molecule has 0 aliphatic heterocycles. The van der Waals surface area contributed by atoms with E-state index in [-0.39, 0.29) is 5.91 Å². The lowest BCUT2D eigenvalue weighted by atomic mass is 10.0. The van der Waals surface area contributed by atoms with Crippen LogP contribution in [0.4, 0.5) is 0 Å². The summed E-state index contributed by atoms with van der Waals surface area (Å²) in [6.45, 7) is 5.48. The Hall–Kier alpha value is -1.35. The van der Waals surface area contributed by atoms with Gasteiger partial charge in [0, 0.05) is 18.2 Å². The Morgan fingerprint density at radius 2 is 2.00 bits per heavy atom. The lowest BCUT2D eigenvalue weighted by molar-refractivity contribution is 0.0679. The number of benzene rings is 1. The van der Waals surface area contributed by atoms with Crippen molar-refractivity contribution in [2.24, 2.45) is 5.73 Å². The number of nitrogens with zero attached hydrogens (tertiary/aromatic N) is 1. The minimum absolute atomic E-state index is 0.187. The third kappa shape index (κ3) is 3.40. The molecule has 0 bridgehead atoms. The summed E-state index contributed by atoms with van der Waals surface area (Å²) in [5, 5.41) is 0. The minimum atomic E-state index is 0.187. The summed E-state index contributed by atoms with van der Waals surface area (Å²) >= 11 is 0. The molecule has 110 valence electrons. The third-order valence-corrected chi connectivity index (χ3v) is 4.25. The van der Waals surface area contributed by atoms with Gasteiger partial charge < -0.3 is 10.6 Å². The van der Waals surface area contributed by atoms with Crippen molar-refractivity contribution in [3.63, 3.8) is 0 Å². The molecule has 3 nitrogen and oxygen atoms in total. The molecule has 1 saturated carbocycles. The van der Waals surface area contributed by atoms with E-state index in [0.29, 0.717) is 12.6 Å². The maximum atomic E-state index is 12.9. The summed E-state index contributed by atoms with van der Waals surface area (Å²) in [4.78, 5) is 15.0. The molecule has 1 fully saturated rings. The standard InChI is InChI=1S/C17H26N2O/c1-13-8-9-14(2)16(12-13)17(20)19(11-5-10-18)15-6-3-4-7-15/h8-9,12,15H,3-7,10-11,18H2,1-2H3. The maximum absolute atomic E-state index is 12.9. The zero-order valence-electron chi connectivity index (χ0n) is 12.7. The van der Waals surface area contributed by atoms with Crippen LogP contribution in [0.3, 0.4) is 0 Å². The van der Waals surface area contributed by atoms with Crippen LogP contribution < -0.4 is 5.73 Å². The van der Waals surface area contributed by atoms with E-state index in [9.17, 15) is 4.79 Å². The number of amides is 1. The van der Waals surface area contributed by atoms with Crippen molar-refractivity contribution in [2.45, 2.75) is 52.0 Å². The molecule has 0 atom stereocenters. The molecule has 2 rings (SSSR count). The van der Waals surface area contributed by atoms with Crippen LogP contribution in [-0.2, 0) is 0 Å². The van der Waals surface area contributed by atoms with Crippen LogP contribution in [0.5, 0.6) is 0 Å². The first-order chi connectivity index (χ1) is 9.63. The highest BCUT2D eigenvalue weighted by molar-refractivity contribution is 5.96. The highest BCUT2D eigenvalue weighted by Crippen LogP contribution is 2.26. The van der Waals surface area contributed by atoms with E-state index in [4.69, 9.17) is 5.73 Å². The average Bonchev–Trinajstić information content (AvgIpc) is 2.95. The van der Waals surface area contributed by atoms with E-state index in [2.05, 4.69) is 11.0 Å². The van der Waals surface area contributed by atoms with Crippen LogP contribution in [-0.4, -0.2) is 29.9 Å². The zero-order valence-corrected chi connectivity index (χ0v) is 12.7. The maximum Gasteiger partial charge on any atom is 0.254 e. The Morgan fingerprint density at radius 3 is 2.65 bits per heavy atom. The van der Waals surface area contributed by atoms with Crippen LogP contribution in [0.15, 0.2) is 18.2 Å². The van der Waals surface area contributed by atoms with Crippen molar-refractivity contribution in [3.8, 4) is 0 Å². The van der Waals surface area contributed by atoms with Gasteiger partial charge in [0.1, 0.15) is 0 Å². The first kappa shape index (κ1) is 15.0. The zero-order chi connectivity index (χ0) is 14.5. The van der Waals surface area contributed by atoms with E-state index in [1.165, 1.54) is 12.8 Å². The number of hydrogen-bond acceptors (Lipinski definition) is 2. The first-order valence-electron chi connectivity index (χ1n) is 7.71. The molecular formula is C17H26N2O. The van der Waals surface area contributed by atoms with Crippen molar-refractivity contribution in [1.29, 1.82) is 0 Å². The number of carbonyl (C=O) groups excluding carboxylic acids is 1. The van der Waals surface area contributed by atoms with Gasteiger partial charge in [-0.2, -0.15) is 0 Å². The van der Waals surface area contributed by atoms with Crippen LogP contribution in [0.25, 0.3) is 0 Å². The van der Waals surface area contributed by atoms with Gasteiger partial charge in [0.2, 0.25) is 0 Å². The van der Waals surface area contributed by atoms with Gasteiger partial charge in [-0.25, -0.2) is 0 Å². The Labute approximate surface area is 122 Å². The summed E-state index contributed by atoms with van der Waals surface area (Å²) < 4.78 is 0. The third-order valence-electron chi connectivity index (χ3n) is 4.25. The first-order valence-corrected chi connectivity index (χ1v) is 7.71. The van der Waals surface area contributed by atoms with Crippen molar-refractivity contribution >= 4 is 5.91 Å². The number of hydrogen-bond donors (Lipinski definition) is 1. The summed E-state index contributed by atoms with van der Waals surface area (Å²) in [7, 11) is 0. The summed E-state index contributed by atoms with van der Waals surface area (Å²) in [5.74, 6) is 0.187. The molecule has 0 radical (unpaired) electrons. The van der Waals surface area contributed by atoms with E-state index in [1.807, 2.05) is 26.0 Å².